The van der Waals surface area contributed by atoms with Crippen molar-refractivity contribution < 1.29 is 14.7 Å². The van der Waals surface area contributed by atoms with Crippen LogP contribution in [0, 0.1) is 0 Å². The molecule has 0 aliphatic heterocycles. The van der Waals surface area contributed by atoms with Crippen LogP contribution in [0.1, 0.15) is 41.8 Å². The average Bonchev–Trinajstić information content (AvgIpc) is 2.55. The number of benzene rings is 2. The first kappa shape index (κ1) is 17.7. The summed E-state index contributed by atoms with van der Waals surface area (Å²) in [4.78, 5) is 25.1. The largest absolute Gasteiger partial charge is 0.478 e. The smallest absolute Gasteiger partial charge is 0.335 e. The van der Waals surface area contributed by atoms with Crippen LogP contribution < -0.4 is 0 Å². The zero-order valence-electron chi connectivity index (χ0n) is 14.3. The van der Waals surface area contributed by atoms with E-state index in [-0.39, 0.29) is 16.9 Å². The van der Waals surface area contributed by atoms with Crippen LogP contribution in [0.2, 0.25) is 0 Å². The van der Waals surface area contributed by atoms with Gasteiger partial charge in [-0.1, -0.05) is 56.3 Å². The van der Waals surface area contributed by atoms with E-state index in [1.54, 1.807) is 36.2 Å². The van der Waals surface area contributed by atoms with Crippen LogP contribution in [0.15, 0.2) is 54.6 Å². The zero-order chi connectivity index (χ0) is 17.7. The maximum atomic E-state index is 12.5. The maximum Gasteiger partial charge on any atom is 0.335 e. The van der Waals surface area contributed by atoms with Gasteiger partial charge in [-0.25, -0.2) is 4.79 Å². The summed E-state index contributed by atoms with van der Waals surface area (Å²) in [6.45, 7) is 4.59. The van der Waals surface area contributed by atoms with Crippen molar-refractivity contribution in [1.82, 2.24) is 4.90 Å². The number of carbonyl (C=O) groups is 2. The lowest BCUT2D eigenvalue weighted by Crippen LogP contribution is -2.32. The van der Waals surface area contributed by atoms with E-state index in [1.807, 2.05) is 30.3 Å². The summed E-state index contributed by atoms with van der Waals surface area (Å²) >= 11 is 0. The number of aromatic carboxylic acids is 1. The first-order valence-electron chi connectivity index (χ1n) is 7.91. The Morgan fingerprint density at radius 3 is 2.12 bits per heavy atom. The number of rotatable bonds is 6. The summed E-state index contributed by atoms with van der Waals surface area (Å²) < 4.78 is 0. The van der Waals surface area contributed by atoms with E-state index in [0.29, 0.717) is 13.0 Å². The van der Waals surface area contributed by atoms with Crippen LogP contribution in [0.3, 0.4) is 0 Å². The second kappa shape index (κ2) is 7.30. The molecule has 2 aromatic carbocycles. The molecule has 4 nitrogen and oxygen atoms in total. The summed E-state index contributed by atoms with van der Waals surface area (Å²) in [6, 6.07) is 16.6. The van der Waals surface area contributed by atoms with E-state index in [4.69, 9.17) is 5.11 Å². The Morgan fingerprint density at radius 2 is 1.58 bits per heavy atom. The lowest BCUT2D eigenvalue weighted by Gasteiger charge is -2.27. The number of carboxylic acid groups (broad SMARTS) is 1. The van der Waals surface area contributed by atoms with Crippen LogP contribution in [-0.2, 0) is 16.8 Å². The molecule has 0 atom stereocenters. The van der Waals surface area contributed by atoms with Crippen LogP contribution in [0.4, 0.5) is 0 Å². The highest BCUT2D eigenvalue weighted by Gasteiger charge is 2.25. The van der Waals surface area contributed by atoms with Gasteiger partial charge in [0.25, 0.3) is 0 Å². The molecule has 24 heavy (non-hydrogen) atoms. The standard InChI is InChI=1S/C20H23NO3/c1-20(2,17-7-5-4-6-8-17)13-18(22)21(3)14-15-9-11-16(12-10-15)19(23)24/h4-12H,13-14H2,1-3H3,(H,23,24). The highest BCUT2D eigenvalue weighted by atomic mass is 16.4. The Balaban J connectivity index is 2.00. The first-order valence-corrected chi connectivity index (χ1v) is 7.91. The first-order chi connectivity index (χ1) is 11.3. The third kappa shape index (κ3) is 4.44. The summed E-state index contributed by atoms with van der Waals surface area (Å²) in [5, 5.41) is 8.92. The molecule has 0 bridgehead atoms. The summed E-state index contributed by atoms with van der Waals surface area (Å²) in [5.41, 5.74) is 2.06. The molecular formula is C20H23NO3. The van der Waals surface area contributed by atoms with Crippen LogP contribution in [-0.4, -0.2) is 28.9 Å². The molecule has 4 heteroatoms. The van der Waals surface area contributed by atoms with Crippen molar-refractivity contribution >= 4 is 11.9 Å². The Bertz CT molecular complexity index is 705. The molecule has 0 unspecified atom stereocenters. The lowest BCUT2D eigenvalue weighted by atomic mass is 9.81. The highest BCUT2D eigenvalue weighted by molar-refractivity contribution is 5.87. The minimum Gasteiger partial charge on any atom is -0.478 e. The number of hydrogen-bond acceptors (Lipinski definition) is 2. The average molecular weight is 325 g/mol. The minimum absolute atomic E-state index is 0.0613. The molecule has 0 fully saturated rings. The molecule has 0 aliphatic rings. The molecule has 0 aliphatic carbocycles. The van der Waals surface area contributed by atoms with Crippen LogP contribution in [0.5, 0.6) is 0 Å². The molecule has 2 rings (SSSR count). The number of nitrogens with zero attached hydrogens (tertiary/aromatic N) is 1. The Hall–Kier alpha value is -2.62. The van der Waals surface area contributed by atoms with Gasteiger partial charge in [-0.2, -0.15) is 0 Å². The van der Waals surface area contributed by atoms with Crippen LogP contribution >= 0.6 is 0 Å². The zero-order valence-corrected chi connectivity index (χ0v) is 14.3. The highest BCUT2D eigenvalue weighted by Crippen LogP contribution is 2.27. The lowest BCUT2D eigenvalue weighted by molar-refractivity contribution is -0.131. The van der Waals surface area contributed by atoms with Gasteiger partial charge in [-0.15, -0.1) is 0 Å². The van der Waals surface area contributed by atoms with E-state index in [1.165, 1.54) is 0 Å². The van der Waals surface area contributed by atoms with Gasteiger partial charge in [-0.3, -0.25) is 4.79 Å². The fourth-order valence-corrected chi connectivity index (χ4v) is 2.62. The van der Waals surface area contributed by atoms with Crippen molar-refractivity contribution in [2.45, 2.75) is 32.2 Å². The van der Waals surface area contributed by atoms with Gasteiger partial charge in [0.2, 0.25) is 5.91 Å². The molecular weight excluding hydrogens is 302 g/mol. The van der Waals surface area contributed by atoms with Gasteiger partial charge in [0.1, 0.15) is 0 Å². The second-order valence-corrected chi connectivity index (χ2v) is 6.68. The van der Waals surface area contributed by atoms with Gasteiger partial charge in [-0.05, 0) is 28.7 Å². The van der Waals surface area contributed by atoms with Gasteiger partial charge >= 0.3 is 5.97 Å². The van der Waals surface area contributed by atoms with Crippen molar-refractivity contribution in [3.8, 4) is 0 Å². The summed E-state index contributed by atoms with van der Waals surface area (Å²) in [7, 11) is 1.77. The maximum absolute atomic E-state index is 12.5. The molecule has 0 spiro atoms. The quantitative estimate of drug-likeness (QED) is 0.881. The molecule has 0 saturated heterocycles. The van der Waals surface area contributed by atoms with E-state index < -0.39 is 5.97 Å². The minimum atomic E-state index is -0.949. The predicted molar refractivity (Wildman–Crippen MR) is 94.0 cm³/mol. The van der Waals surface area contributed by atoms with Gasteiger partial charge in [0, 0.05) is 20.0 Å². The van der Waals surface area contributed by atoms with Gasteiger partial charge in [0.15, 0.2) is 0 Å². The fourth-order valence-electron chi connectivity index (χ4n) is 2.62. The summed E-state index contributed by atoms with van der Waals surface area (Å²) in [5.74, 6) is -0.887. The molecule has 1 amide bonds. The normalized spacial score (nSPS) is 11.1. The molecule has 1 N–H and O–H groups in total. The van der Waals surface area contributed by atoms with E-state index in [9.17, 15) is 9.59 Å². The third-order valence-corrected chi connectivity index (χ3v) is 4.19. The monoisotopic (exact) mass is 325 g/mol. The van der Waals surface area contributed by atoms with Crippen LogP contribution in [0.25, 0.3) is 0 Å². The van der Waals surface area contributed by atoms with Crippen molar-refractivity contribution in [3.63, 3.8) is 0 Å². The Labute approximate surface area is 142 Å². The molecule has 0 heterocycles. The summed E-state index contributed by atoms with van der Waals surface area (Å²) in [6.07, 6.45) is 0.417. The van der Waals surface area contributed by atoms with Crippen molar-refractivity contribution in [1.29, 1.82) is 0 Å². The molecule has 126 valence electrons. The number of carbonyl (C=O) groups excluding carboxylic acids is 1. The third-order valence-electron chi connectivity index (χ3n) is 4.19. The molecule has 0 saturated carbocycles. The number of carboxylic acids is 1. The van der Waals surface area contributed by atoms with Crippen molar-refractivity contribution in [2.75, 3.05) is 7.05 Å². The van der Waals surface area contributed by atoms with Crippen molar-refractivity contribution in [2.24, 2.45) is 0 Å². The van der Waals surface area contributed by atoms with Gasteiger partial charge in [0.05, 0.1) is 5.56 Å². The van der Waals surface area contributed by atoms with Gasteiger partial charge < -0.3 is 10.0 Å². The number of hydrogen-bond donors (Lipinski definition) is 1. The van der Waals surface area contributed by atoms with Crippen molar-refractivity contribution in [3.05, 3.63) is 71.3 Å². The molecule has 2 aromatic rings. The van der Waals surface area contributed by atoms with E-state index >= 15 is 0 Å². The second-order valence-electron chi connectivity index (χ2n) is 6.68. The Kier molecular flexibility index (Phi) is 5.39. The molecule has 0 radical (unpaired) electrons. The fraction of sp³-hybridized carbons (Fsp3) is 0.300. The predicted octanol–water partition coefficient (Wildman–Crippen LogP) is 3.71. The van der Waals surface area contributed by atoms with E-state index in [2.05, 4.69) is 13.8 Å². The SMILES string of the molecule is CN(Cc1ccc(C(=O)O)cc1)C(=O)CC(C)(C)c1ccccc1. The molecule has 0 aromatic heterocycles. The number of amides is 1. The topological polar surface area (TPSA) is 57.6 Å². The Morgan fingerprint density at radius 1 is 1.00 bits per heavy atom. The van der Waals surface area contributed by atoms with E-state index in [0.717, 1.165) is 11.1 Å².